The van der Waals surface area contributed by atoms with Gasteiger partial charge in [0.2, 0.25) is 5.89 Å². The van der Waals surface area contributed by atoms with Gasteiger partial charge in [-0.3, -0.25) is 0 Å². The molecule has 0 fully saturated rings. The minimum atomic E-state index is 0.0560. The molecule has 4 rings (SSSR count). The van der Waals surface area contributed by atoms with Gasteiger partial charge in [-0.25, -0.2) is 4.98 Å². The fourth-order valence-corrected chi connectivity index (χ4v) is 3.65. The molecule has 0 radical (unpaired) electrons. The van der Waals surface area contributed by atoms with Crippen molar-refractivity contribution in [3.8, 4) is 34.5 Å². The highest BCUT2D eigenvalue weighted by molar-refractivity contribution is 6.30. The number of hydrogen-bond acceptors (Lipinski definition) is 6. The van der Waals surface area contributed by atoms with Crippen LogP contribution in [0.2, 0.25) is 5.02 Å². The number of halogens is 1. The number of aromatic nitrogens is 1. The first-order chi connectivity index (χ1) is 16.1. The zero-order valence-corrected chi connectivity index (χ0v) is 19.5. The van der Waals surface area contributed by atoms with Crippen LogP contribution in [0.4, 0.5) is 0 Å². The minimum Gasteiger partial charge on any atom is -0.507 e. The van der Waals surface area contributed by atoms with E-state index < -0.39 is 0 Å². The van der Waals surface area contributed by atoms with Crippen LogP contribution in [-0.4, -0.2) is 41.2 Å². The Labute approximate surface area is 198 Å². The van der Waals surface area contributed by atoms with Crippen molar-refractivity contribution in [2.75, 3.05) is 26.2 Å². The molecular formula is C26H27ClN2O4. The van der Waals surface area contributed by atoms with Gasteiger partial charge in [0.25, 0.3) is 0 Å². The Balaban J connectivity index is 1.44. The zero-order chi connectivity index (χ0) is 23.2. The molecule has 3 aromatic carbocycles. The van der Waals surface area contributed by atoms with Crippen molar-refractivity contribution in [2.24, 2.45) is 0 Å². The summed E-state index contributed by atoms with van der Waals surface area (Å²) >= 11 is 5.92. The SMILES string of the molecule is CCN(CC)CCCOc1ccc(-c2nc3ccc(Oc4ccc(Cl)cc4)cc3o2)c(O)c1. The topological polar surface area (TPSA) is 68.0 Å². The summed E-state index contributed by atoms with van der Waals surface area (Å²) in [6.45, 7) is 7.95. The average Bonchev–Trinajstić information content (AvgIpc) is 3.24. The van der Waals surface area contributed by atoms with Crippen molar-refractivity contribution in [1.82, 2.24) is 9.88 Å². The molecule has 0 aliphatic rings. The molecule has 172 valence electrons. The molecule has 0 atom stereocenters. The van der Waals surface area contributed by atoms with Gasteiger partial charge in [-0.15, -0.1) is 0 Å². The predicted molar refractivity (Wildman–Crippen MR) is 131 cm³/mol. The third kappa shape index (κ3) is 5.78. The van der Waals surface area contributed by atoms with Crippen molar-refractivity contribution in [2.45, 2.75) is 20.3 Å². The van der Waals surface area contributed by atoms with E-state index in [1.54, 1.807) is 42.5 Å². The predicted octanol–water partition coefficient (Wildman–Crippen LogP) is 6.76. The van der Waals surface area contributed by atoms with Gasteiger partial charge in [0, 0.05) is 23.7 Å². The molecular weight excluding hydrogens is 440 g/mol. The first-order valence-corrected chi connectivity index (χ1v) is 11.5. The quantitative estimate of drug-likeness (QED) is 0.260. The molecule has 0 spiro atoms. The fourth-order valence-electron chi connectivity index (χ4n) is 3.52. The van der Waals surface area contributed by atoms with Crippen molar-refractivity contribution in [3.05, 3.63) is 65.7 Å². The molecule has 1 N–H and O–H groups in total. The van der Waals surface area contributed by atoms with E-state index in [4.69, 9.17) is 25.5 Å². The Morgan fingerprint density at radius 2 is 1.67 bits per heavy atom. The minimum absolute atomic E-state index is 0.0560. The summed E-state index contributed by atoms with van der Waals surface area (Å²) in [4.78, 5) is 6.85. The van der Waals surface area contributed by atoms with Gasteiger partial charge in [-0.1, -0.05) is 25.4 Å². The van der Waals surface area contributed by atoms with Crippen LogP contribution < -0.4 is 9.47 Å². The lowest BCUT2D eigenvalue weighted by Crippen LogP contribution is -2.25. The summed E-state index contributed by atoms with van der Waals surface area (Å²) in [6, 6.07) is 17.7. The van der Waals surface area contributed by atoms with Crippen LogP contribution >= 0.6 is 11.6 Å². The number of ether oxygens (including phenoxy) is 2. The molecule has 0 aliphatic carbocycles. The van der Waals surface area contributed by atoms with Crippen LogP contribution in [-0.2, 0) is 0 Å². The number of oxazole rings is 1. The van der Waals surface area contributed by atoms with E-state index in [0.29, 0.717) is 51.4 Å². The Morgan fingerprint density at radius 1 is 0.939 bits per heavy atom. The Hall–Kier alpha value is -3.22. The molecule has 1 aromatic heterocycles. The Bertz CT molecular complexity index is 1200. The molecule has 0 aliphatic heterocycles. The second kappa shape index (κ2) is 10.6. The van der Waals surface area contributed by atoms with Crippen LogP contribution in [0.5, 0.6) is 23.0 Å². The number of phenolic OH excluding ortho intramolecular Hbond substituents is 1. The molecule has 4 aromatic rings. The fraction of sp³-hybridized carbons (Fsp3) is 0.269. The van der Waals surface area contributed by atoms with Crippen molar-refractivity contribution >= 4 is 22.7 Å². The summed E-state index contributed by atoms with van der Waals surface area (Å²) in [5.74, 6) is 2.29. The molecule has 1 heterocycles. The number of rotatable bonds is 10. The highest BCUT2D eigenvalue weighted by Crippen LogP contribution is 2.35. The highest BCUT2D eigenvalue weighted by Gasteiger charge is 2.14. The summed E-state index contributed by atoms with van der Waals surface area (Å²) in [6.07, 6.45) is 0.926. The van der Waals surface area contributed by atoms with E-state index in [1.807, 2.05) is 18.2 Å². The lowest BCUT2D eigenvalue weighted by atomic mass is 10.2. The third-order valence-corrected chi connectivity index (χ3v) is 5.64. The van der Waals surface area contributed by atoms with E-state index in [2.05, 4.69) is 23.7 Å². The largest absolute Gasteiger partial charge is 0.507 e. The molecule has 33 heavy (non-hydrogen) atoms. The number of benzene rings is 3. The van der Waals surface area contributed by atoms with Crippen LogP contribution in [0.1, 0.15) is 20.3 Å². The van der Waals surface area contributed by atoms with Crippen LogP contribution in [0.3, 0.4) is 0 Å². The van der Waals surface area contributed by atoms with E-state index in [-0.39, 0.29) is 5.75 Å². The number of aromatic hydroxyl groups is 1. The summed E-state index contributed by atoms with van der Waals surface area (Å²) in [7, 11) is 0. The first kappa shape index (κ1) is 23.0. The van der Waals surface area contributed by atoms with E-state index in [9.17, 15) is 5.11 Å². The van der Waals surface area contributed by atoms with Crippen LogP contribution in [0, 0.1) is 0 Å². The molecule has 0 saturated carbocycles. The summed E-state index contributed by atoms with van der Waals surface area (Å²) in [5, 5.41) is 11.2. The average molecular weight is 467 g/mol. The number of fused-ring (bicyclic) bond motifs is 1. The number of phenols is 1. The van der Waals surface area contributed by atoms with E-state index in [1.165, 1.54) is 0 Å². The van der Waals surface area contributed by atoms with Gasteiger partial charge in [-0.05, 0) is 68.0 Å². The molecule has 6 nitrogen and oxygen atoms in total. The summed E-state index contributed by atoms with van der Waals surface area (Å²) in [5.41, 5.74) is 1.74. The van der Waals surface area contributed by atoms with Gasteiger partial charge in [0.15, 0.2) is 5.58 Å². The maximum Gasteiger partial charge on any atom is 0.231 e. The highest BCUT2D eigenvalue weighted by atomic mass is 35.5. The van der Waals surface area contributed by atoms with E-state index in [0.717, 1.165) is 26.1 Å². The second-order valence-electron chi connectivity index (χ2n) is 7.61. The Morgan fingerprint density at radius 3 is 2.39 bits per heavy atom. The maximum atomic E-state index is 10.5. The van der Waals surface area contributed by atoms with Gasteiger partial charge in [0.1, 0.15) is 28.5 Å². The third-order valence-electron chi connectivity index (χ3n) is 5.39. The monoisotopic (exact) mass is 466 g/mol. The normalized spacial score (nSPS) is 11.3. The summed E-state index contributed by atoms with van der Waals surface area (Å²) < 4.78 is 17.6. The lowest BCUT2D eigenvalue weighted by molar-refractivity contribution is 0.248. The van der Waals surface area contributed by atoms with Gasteiger partial charge >= 0.3 is 0 Å². The molecule has 0 unspecified atom stereocenters. The van der Waals surface area contributed by atoms with Crippen molar-refractivity contribution in [3.63, 3.8) is 0 Å². The number of hydrogen-bond donors (Lipinski definition) is 1. The van der Waals surface area contributed by atoms with Crippen molar-refractivity contribution in [1.29, 1.82) is 0 Å². The van der Waals surface area contributed by atoms with Gasteiger partial charge in [0.05, 0.1) is 12.2 Å². The lowest BCUT2D eigenvalue weighted by Gasteiger charge is -2.17. The number of nitrogens with zero attached hydrogens (tertiary/aromatic N) is 2. The van der Waals surface area contributed by atoms with Gasteiger partial charge < -0.3 is 23.9 Å². The molecule has 7 heteroatoms. The zero-order valence-electron chi connectivity index (χ0n) is 18.8. The van der Waals surface area contributed by atoms with Crippen LogP contribution in [0.15, 0.2) is 65.1 Å². The van der Waals surface area contributed by atoms with Gasteiger partial charge in [-0.2, -0.15) is 0 Å². The van der Waals surface area contributed by atoms with Crippen molar-refractivity contribution < 1.29 is 19.0 Å². The van der Waals surface area contributed by atoms with Crippen LogP contribution in [0.25, 0.3) is 22.6 Å². The smallest absolute Gasteiger partial charge is 0.231 e. The maximum absolute atomic E-state index is 10.5. The second-order valence-corrected chi connectivity index (χ2v) is 8.05. The van der Waals surface area contributed by atoms with E-state index >= 15 is 0 Å². The molecule has 0 amide bonds. The standard InChI is InChI=1S/C26H27ClN2O4/c1-3-29(4-2)14-5-15-31-20-10-12-22(24(30)16-20)26-28-23-13-11-21(17-25(23)33-26)32-19-8-6-18(27)7-9-19/h6-13,16-17,30H,3-5,14-15H2,1-2H3. The molecule has 0 saturated heterocycles. The Kier molecular flexibility index (Phi) is 7.37. The molecule has 0 bridgehead atoms. The first-order valence-electron chi connectivity index (χ1n) is 11.1.